The number of nitrogens with one attached hydrogen (secondary N) is 2. The molecule has 1 amide bonds. The minimum Gasteiger partial charge on any atom is -0.325 e. The van der Waals surface area contributed by atoms with Crippen LogP contribution >= 0.6 is 27.7 Å². The van der Waals surface area contributed by atoms with E-state index in [0.29, 0.717) is 5.69 Å². The molecule has 0 saturated heterocycles. The third kappa shape index (κ3) is 5.54. The van der Waals surface area contributed by atoms with Crippen molar-refractivity contribution in [2.75, 3.05) is 10.0 Å². The molecule has 0 bridgehead atoms. The highest BCUT2D eigenvalue weighted by Crippen LogP contribution is 2.38. The van der Waals surface area contributed by atoms with Crippen LogP contribution in [0.4, 0.5) is 11.4 Å². The fourth-order valence-electron chi connectivity index (χ4n) is 1.78. The second-order valence-corrected chi connectivity index (χ2v) is 7.80. The van der Waals surface area contributed by atoms with Crippen LogP contribution in [-0.2, 0) is 15.0 Å². The van der Waals surface area contributed by atoms with Crippen molar-refractivity contribution < 1.29 is 13.2 Å². The molecule has 0 aliphatic rings. The Hall–Kier alpha value is -1.55. The largest absolute Gasteiger partial charge is 0.325 e. The molecule has 0 aliphatic heterocycles. The summed E-state index contributed by atoms with van der Waals surface area (Å²) in [4.78, 5) is 13.1. The Morgan fingerprint density at radius 1 is 1.17 bits per heavy atom. The van der Waals surface area contributed by atoms with Gasteiger partial charge in [-0.3, -0.25) is 9.52 Å². The average Bonchev–Trinajstić information content (AvgIpc) is 2.41. The van der Waals surface area contributed by atoms with Gasteiger partial charge in [-0.05, 0) is 46.3 Å². The number of halogens is 1. The van der Waals surface area contributed by atoms with Crippen LogP contribution in [0.2, 0.25) is 0 Å². The fraction of sp³-hybridized carbons (Fsp3) is 0.0714. The van der Waals surface area contributed by atoms with Crippen molar-refractivity contribution in [2.45, 2.75) is 16.7 Å². The van der Waals surface area contributed by atoms with Gasteiger partial charge in [-0.2, -0.15) is 8.42 Å². The third-order valence-corrected chi connectivity index (χ3v) is 5.23. The van der Waals surface area contributed by atoms with Crippen LogP contribution in [0.5, 0.6) is 0 Å². The quantitative estimate of drug-likeness (QED) is 0.697. The number of carbonyl (C=O) groups is 1. The van der Waals surface area contributed by atoms with Crippen molar-refractivity contribution >= 4 is 55.2 Å². The lowest BCUT2D eigenvalue weighted by molar-refractivity contribution is -0.114. The zero-order chi connectivity index (χ0) is 17.0. The van der Waals surface area contributed by atoms with Crippen molar-refractivity contribution in [3.8, 4) is 0 Å². The molecule has 0 radical (unpaired) electrons. The summed E-state index contributed by atoms with van der Waals surface area (Å²) in [6, 6.07) is 12.5. The van der Waals surface area contributed by atoms with Gasteiger partial charge >= 0.3 is 0 Å². The summed E-state index contributed by atoms with van der Waals surface area (Å²) in [6.45, 7) is 1.38. The molecule has 0 spiro atoms. The average molecular weight is 416 g/mol. The molecule has 0 heterocycles. The molecule has 122 valence electrons. The van der Waals surface area contributed by atoms with Crippen LogP contribution in [0.1, 0.15) is 6.92 Å². The number of amides is 1. The normalized spacial score (nSPS) is 11.1. The predicted octanol–water partition coefficient (Wildman–Crippen LogP) is 3.17. The lowest BCUT2D eigenvalue weighted by Crippen LogP contribution is -2.21. The van der Waals surface area contributed by atoms with E-state index in [2.05, 4.69) is 26.0 Å². The number of benzene rings is 2. The summed E-state index contributed by atoms with van der Waals surface area (Å²) in [5.74, 6) is -0.258. The molecule has 0 aliphatic carbocycles. The molecule has 0 atom stereocenters. The van der Waals surface area contributed by atoms with Gasteiger partial charge in [0, 0.05) is 21.2 Å². The van der Waals surface area contributed by atoms with E-state index in [4.69, 9.17) is 5.14 Å². The van der Waals surface area contributed by atoms with Gasteiger partial charge in [0.25, 0.3) is 10.2 Å². The van der Waals surface area contributed by atoms with Crippen LogP contribution in [0.15, 0.2) is 56.7 Å². The molecule has 9 heteroatoms. The highest BCUT2D eigenvalue weighted by atomic mass is 79.9. The number of hydrogen-bond donors (Lipinski definition) is 3. The first-order chi connectivity index (χ1) is 10.7. The Balaban J connectivity index is 2.38. The molecule has 6 nitrogen and oxygen atoms in total. The lowest BCUT2D eigenvalue weighted by Gasteiger charge is -2.13. The minimum absolute atomic E-state index is 0.258. The van der Waals surface area contributed by atoms with Gasteiger partial charge in [0.1, 0.15) is 0 Å². The van der Waals surface area contributed by atoms with Gasteiger partial charge in [-0.1, -0.05) is 23.9 Å². The number of carbonyl (C=O) groups excluding carboxylic acids is 1. The van der Waals surface area contributed by atoms with Crippen molar-refractivity contribution in [3.63, 3.8) is 0 Å². The zero-order valence-corrected chi connectivity index (χ0v) is 15.3. The number of anilines is 2. The third-order valence-electron chi connectivity index (χ3n) is 2.61. The Morgan fingerprint density at radius 3 is 2.48 bits per heavy atom. The van der Waals surface area contributed by atoms with Crippen LogP contribution in [0.25, 0.3) is 0 Å². The van der Waals surface area contributed by atoms with E-state index in [1.165, 1.54) is 24.8 Å². The zero-order valence-electron chi connectivity index (χ0n) is 12.0. The maximum absolute atomic E-state index is 11.4. The molecule has 0 fully saturated rings. The highest BCUT2D eigenvalue weighted by Gasteiger charge is 2.11. The van der Waals surface area contributed by atoms with Crippen molar-refractivity contribution in [1.82, 2.24) is 0 Å². The maximum atomic E-state index is 11.4. The second-order valence-electron chi connectivity index (χ2n) is 4.57. The number of rotatable bonds is 5. The van der Waals surface area contributed by atoms with E-state index < -0.39 is 10.2 Å². The van der Waals surface area contributed by atoms with E-state index in [-0.39, 0.29) is 11.6 Å². The van der Waals surface area contributed by atoms with Crippen molar-refractivity contribution in [1.29, 1.82) is 0 Å². The van der Waals surface area contributed by atoms with Crippen LogP contribution in [-0.4, -0.2) is 14.3 Å². The summed E-state index contributed by atoms with van der Waals surface area (Å²) in [5, 5.41) is 7.65. The summed E-state index contributed by atoms with van der Waals surface area (Å²) in [5.41, 5.74) is 0.764. The smallest absolute Gasteiger partial charge is 0.296 e. The minimum atomic E-state index is -3.88. The van der Waals surface area contributed by atoms with E-state index >= 15 is 0 Å². The topological polar surface area (TPSA) is 101 Å². The summed E-state index contributed by atoms with van der Waals surface area (Å²) >= 11 is 4.91. The molecular weight excluding hydrogens is 402 g/mol. The van der Waals surface area contributed by atoms with Gasteiger partial charge in [-0.25, -0.2) is 5.14 Å². The first kappa shape index (κ1) is 17.8. The standard InChI is InChI=1S/C14H14BrN3O3S2/c1-9(19)17-12-8-10(18-23(16,20)21)6-7-14(12)22-13-5-3-2-4-11(13)15/h2-8,18H,1H3,(H,17,19)(H2,16,20,21). The molecule has 0 saturated carbocycles. The lowest BCUT2D eigenvalue weighted by atomic mass is 10.3. The Bertz CT molecular complexity index is 841. The first-order valence-corrected chi connectivity index (χ1v) is 9.55. The van der Waals surface area contributed by atoms with Crippen LogP contribution in [0.3, 0.4) is 0 Å². The molecule has 2 aromatic rings. The summed E-state index contributed by atoms with van der Waals surface area (Å²) in [7, 11) is -3.88. The maximum Gasteiger partial charge on any atom is 0.296 e. The van der Waals surface area contributed by atoms with Crippen LogP contribution in [0, 0.1) is 0 Å². The van der Waals surface area contributed by atoms with Gasteiger partial charge in [0.15, 0.2) is 0 Å². The monoisotopic (exact) mass is 415 g/mol. The van der Waals surface area contributed by atoms with E-state index in [1.54, 1.807) is 12.1 Å². The molecular formula is C14H14BrN3O3S2. The first-order valence-electron chi connectivity index (χ1n) is 6.39. The van der Waals surface area contributed by atoms with E-state index in [1.807, 2.05) is 24.3 Å². The van der Waals surface area contributed by atoms with Crippen molar-refractivity contribution in [3.05, 3.63) is 46.9 Å². The van der Waals surface area contributed by atoms with Gasteiger partial charge in [0.2, 0.25) is 5.91 Å². The SMILES string of the molecule is CC(=O)Nc1cc(NS(N)(=O)=O)ccc1Sc1ccccc1Br. The van der Waals surface area contributed by atoms with Crippen LogP contribution < -0.4 is 15.2 Å². The van der Waals surface area contributed by atoms with Gasteiger partial charge in [0.05, 0.1) is 11.4 Å². The Morgan fingerprint density at radius 2 is 1.87 bits per heavy atom. The van der Waals surface area contributed by atoms with Gasteiger partial charge < -0.3 is 5.32 Å². The highest BCUT2D eigenvalue weighted by molar-refractivity contribution is 9.10. The van der Waals surface area contributed by atoms with E-state index in [0.717, 1.165) is 14.3 Å². The Labute approximate surface area is 147 Å². The molecule has 0 unspecified atom stereocenters. The fourth-order valence-corrected chi connectivity index (χ4v) is 3.67. The Kier molecular flexibility index (Phi) is 5.69. The van der Waals surface area contributed by atoms with E-state index in [9.17, 15) is 13.2 Å². The summed E-state index contributed by atoms with van der Waals surface area (Å²) in [6.07, 6.45) is 0. The number of hydrogen-bond acceptors (Lipinski definition) is 4. The molecule has 4 N–H and O–H groups in total. The molecule has 23 heavy (non-hydrogen) atoms. The second kappa shape index (κ2) is 7.35. The molecule has 2 aromatic carbocycles. The number of nitrogens with two attached hydrogens (primary N) is 1. The summed E-state index contributed by atoms with van der Waals surface area (Å²) < 4.78 is 25.3. The van der Waals surface area contributed by atoms with Gasteiger partial charge in [-0.15, -0.1) is 0 Å². The molecule has 2 rings (SSSR count). The predicted molar refractivity (Wildman–Crippen MR) is 95.7 cm³/mol. The van der Waals surface area contributed by atoms with Crippen molar-refractivity contribution in [2.24, 2.45) is 5.14 Å². The molecule has 0 aromatic heterocycles.